The second-order valence-corrected chi connectivity index (χ2v) is 2.74. The van der Waals surface area contributed by atoms with Crippen molar-refractivity contribution in [3.63, 3.8) is 0 Å². The molecule has 1 aromatic heterocycles. The number of aromatic nitrogens is 1. The number of halogens is 1. The molecule has 1 heterocycles. The first kappa shape index (κ1) is 8.55. The average Bonchev–Trinajstić information content (AvgIpc) is 2.18. The number of nitro groups is 1. The van der Waals surface area contributed by atoms with Gasteiger partial charge < -0.3 is 0 Å². The molecule has 0 radical (unpaired) electrons. The van der Waals surface area contributed by atoms with E-state index in [0.29, 0.717) is 0 Å². The van der Waals surface area contributed by atoms with Gasteiger partial charge in [-0.1, -0.05) is 0 Å². The van der Waals surface area contributed by atoms with E-state index < -0.39 is 10.7 Å². The molecule has 2 aromatic rings. The van der Waals surface area contributed by atoms with Gasteiger partial charge >= 0.3 is 0 Å². The van der Waals surface area contributed by atoms with E-state index >= 15 is 0 Å². The largest absolute Gasteiger partial charge is 0.278 e. The van der Waals surface area contributed by atoms with Crippen molar-refractivity contribution in [2.45, 2.75) is 0 Å². The number of nitrogens with zero attached hydrogens (tertiary/aromatic N) is 2. The molecule has 0 aliphatic carbocycles. The molecule has 1 aromatic carbocycles. The quantitative estimate of drug-likeness (QED) is 0.514. The zero-order valence-corrected chi connectivity index (χ0v) is 6.98. The summed E-state index contributed by atoms with van der Waals surface area (Å²) in [6, 6.07) is 3.64. The SMILES string of the molecule is O=[N+]([O-])c1ccc(F)c2ccncc12. The topological polar surface area (TPSA) is 56.0 Å². The highest BCUT2D eigenvalue weighted by Gasteiger charge is 2.13. The molecular formula is C9H5FN2O2. The Morgan fingerprint density at radius 1 is 1.29 bits per heavy atom. The molecule has 14 heavy (non-hydrogen) atoms. The van der Waals surface area contributed by atoms with Gasteiger partial charge in [0.15, 0.2) is 0 Å². The lowest BCUT2D eigenvalue weighted by Gasteiger charge is -1.98. The molecule has 70 valence electrons. The van der Waals surface area contributed by atoms with E-state index in [1.807, 2.05) is 0 Å². The number of rotatable bonds is 1. The van der Waals surface area contributed by atoms with Crippen molar-refractivity contribution in [3.8, 4) is 0 Å². The van der Waals surface area contributed by atoms with Gasteiger partial charge in [-0.15, -0.1) is 0 Å². The summed E-state index contributed by atoms with van der Waals surface area (Å²) in [7, 11) is 0. The Balaban J connectivity index is 2.88. The molecule has 0 amide bonds. The maximum absolute atomic E-state index is 13.2. The van der Waals surface area contributed by atoms with Gasteiger partial charge in [0.25, 0.3) is 5.69 Å². The van der Waals surface area contributed by atoms with Gasteiger partial charge in [-0.2, -0.15) is 0 Å². The van der Waals surface area contributed by atoms with Crippen LogP contribution in [0.2, 0.25) is 0 Å². The number of pyridine rings is 1. The zero-order valence-electron chi connectivity index (χ0n) is 6.98. The minimum Gasteiger partial charge on any atom is -0.264 e. The summed E-state index contributed by atoms with van der Waals surface area (Å²) in [6.45, 7) is 0. The van der Waals surface area contributed by atoms with Crippen LogP contribution in [0, 0.1) is 15.9 Å². The van der Waals surface area contributed by atoms with E-state index in [-0.39, 0.29) is 16.5 Å². The predicted molar refractivity (Wildman–Crippen MR) is 48.4 cm³/mol. The van der Waals surface area contributed by atoms with Crippen LogP contribution in [-0.4, -0.2) is 9.91 Å². The van der Waals surface area contributed by atoms with Crippen molar-refractivity contribution >= 4 is 16.5 Å². The molecule has 0 spiro atoms. The van der Waals surface area contributed by atoms with Crippen molar-refractivity contribution < 1.29 is 9.31 Å². The van der Waals surface area contributed by atoms with E-state index in [0.717, 1.165) is 12.1 Å². The summed E-state index contributed by atoms with van der Waals surface area (Å²) in [4.78, 5) is 13.8. The van der Waals surface area contributed by atoms with Crippen molar-refractivity contribution in [2.75, 3.05) is 0 Å². The summed E-state index contributed by atoms with van der Waals surface area (Å²) in [6.07, 6.45) is 2.69. The van der Waals surface area contributed by atoms with E-state index in [9.17, 15) is 14.5 Å². The molecule has 0 aliphatic rings. The highest BCUT2D eigenvalue weighted by atomic mass is 19.1. The minimum atomic E-state index is -0.552. The zero-order chi connectivity index (χ0) is 10.1. The van der Waals surface area contributed by atoms with Crippen LogP contribution in [0.15, 0.2) is 30.6 Å². The van der Waals surface area contributed by atoms with Crippen molar-refractivity contribution in [3.05, 3.63) is 46.5 Å². The first-order chi connectivity index (χ1) is 6.70. The lowest BCUT2D eigenvalue weighted by molar-refractivity contribution is -0.383. The number of non-ortho nitro benzene ring substituents is 1. The van der Waals surface area contributed by atoms with Crippen LogP contribution in [0.1, 0.15) is 0 Å². The lowest BCUT2D eigenvalue weighted by atomic mass is 10.1. The van der Waals surface area contributed by atoms with Crippen molar-refractivity contribution in [2.24, 2.45) is 0 Å². The summed E-state index contributed by atoms with van der Waals surface area (Å²) < 4.78 is 13.2. The van der Waals surface area contributed by atoms with Gasteiger partial charge in [-0.3, -0.25) is 15.1 Å². The second-order valence-electron chi connectivity index (χ2n) is 2.74. The number of hydrogen-bond donors (Lipinski definition) is 0. The smallest absolute Gasteiger partial charge is 0.264 e. The molecule has 5 heteroatoms. The van der Waals surface area contributed by atoms with Gasteiger partial charge in [-0.05, 0) is 12.1 Å². The van der Waals surface area contributed by atoms with Crippen LogP contribution in [-0.2, 0) is 0 Å². The Kier molecular flexibility index (Phi) is 1.85. The van der Waals surface area contributed by atoms with Crippen molar-refractivity contribution in [1.82, 2.24) is 4.98 Å². The third kappa shape index (κ3) is 1.19. The Morgan fingerprint density at radius 2 is 2.07 bits per heavy atom. The number of hydrogen-bond acceptors (Lipinski definition) is 3. The predicted octanol–water partition coefficient (Wildman–Crippen LogP) is 2.28. The second kappa shape index (κ2) is 3.02. The Bertz CT molecular complexity index is 513. The Hall–Kier alpha value is -2.04. The summed E-state index contributed by atoms with van der Waals surface area (Å²) in [5.74, 6) is -0.479. The van der Waals surface area contributed by atoms with Crippen LogP contribution in [0.4, 0.5) is 10.1 Å². The minimum absolute atomic E-state index is 0.130. The molecular weight excluding hydrogens is 187 g/mol. The van der Waals surface area contributed by atoms with E-state index in [2.05, 4.69) is 4.98 Å². The fourth-order valence-corrected chi connectivity index (χ4v) is 1.30. The molecule has 2 rings (SSSR count). The van der Waals surface area contributed by atoms with Gasteiger partial charge in [0.05, 0.1) is 10.3 Å². The third-order valence-corrected chi connectivity index (χ3v) is 1.94. The fourth-order valence-electron chi connectivity index (χ4n) is 1.30. The molecule has 0 unspecified atom stereocenters. The van der Waals surface area contributed by atoms with Crippen LogP contribution in [0.25, 0.3) is 10.8 Å². The van der Waals surface area contributed by atoms with Crippen LogP contribution < -0.4 is 0 Å². The summed E-state index contributed by atoms with van der Waals surface area (Å²) in [5.41, 5.74) is -0.130. The van der Waals surface area contributed by atoms with Gasteiger partial charge in [0, 0.05) is 23.8 Å². The maximum atomic E-state index is 13.2. The maximum Gasteiger partial charge on any atom is 0.278 e. The van der Waals surface area contributed by atoms with Crippen LogP contribution in [0.5, 0.6) is 0 Å². The molecule has 4 nitrogen and oxygen atoms in total. The highest BCUT2D eigenvalue weighted by Crippen LogP contribution is 2.26. The van der Waals surface area contributed by atoms with Crippen LogP contribution >= 0.6 is 0 Å². The first-order valence-corrected chi connectivity index (χ1v) is 3.87. The standard InChI is InChI=1S/C9H5FN2O2/c10-8-1-2-9(12(13)14)7-5-11-4-3-6(7)8/h1-5H. The molecule has 0 aliphatic heterocycles. The Labute approximate surface area is 78.2 Å². The highest BCUT2D eigenvalue weighted by molar-refractivity contribution is 5.90. The van der Waals surface area contributed by atoms with Gasteiger partial charge in [0.1, 0.15) is 5.82 Å². The lowest BCUT2D eigenvalue weighted by Crippen LogP contribution is -1.91. The normalized spacial score (nSPS) is 10.4. The summed E-state index contributed by atoms with van der Waals surface area (Å²) in [5, 5.41) is 11.0. The Morgan fingerprint density at radius 3 is 2.79 bits per heavy atom. The van der Waals surface area contributed by atoms with E-state index in [1.54, 1.807) is 0 Å². The first-order valence-electron chi connectivity index (χ1n) is 3.87. The molecule has 0 saturated carbocycles. The van der Waals surface area contributed by atoms with Crippen LogP contribution in [0.3, 0.4) is 0 Å². The molecule has 0 atom stereocenters. The molecule has 0 N–H and O–H groups in total. The average molecular weight is 192 g/mol. The van der Waals surface area contributed by atoms with E-state index in [1.165, 1.54) is 18.5 Å². The number of nitro benzene ring substituents is 1. The summed E-state index contributed by atoms with van der Waals surface area (Å²) >= 11 is 0. The van der Waals surface area contributed by atoms with Gasteiger partial charge in [-0.25, -0.2) is 4.39 Å². The third-order valence-electron chi connectivity index (χ3n) is 1.94. The van der Waals surface area contributed by atoms with Crippen molar-refractivity contribution in [1.29, 1.82) is 0 Å². The van der Waals surface area contributed by atoms with Gasteiger partial charge in [0.2, 0.25) is 0 Å². The fraction of sp³-hybridized carbons (Fsp3) is 0. The number of fused-ring (bicyclic) bond motifs is 1. The van der Waals surface area contributed by atoms with E-state index in [4.69, 9.17) is 0 Å². The monoisotopic (exact) mass is 192 g/mol. The molecule has 0 fully saturated rings. The molecule has 0 bridgehead atoms. The molecule has 0 saturated heterocycles. The number of benzene rings is 1.